The van der Waals surface area contributed by atoms with E-state index in [1.54, 1.807) is 0 Å². The van der Waals surface area contributed by atoms with Gasteiger partial charge in [-0.2, -0.15) is 0 Å². The second-order valence-electron chi connectivity index (χ2n) is 4.43. The van der Waals surface area contributed by atoms with E-state index >= 15 is 0 Å². The van der Waals surface area contributed by atoms with Crippen LogP contribution in [0.25, 0.3) is 0 Å². The number of halogens is 1. The Kier molecular flexibility index (Phi) is 5.51. The summed E-state index contributed by atoms with van der Waals surface area (Å²) in [6.45, 7) is 2.91. The van der Waals surface area contributed by atoms with E-state index in [9.17, 15) is 4.79 Å². The Hall–Kier alpha value is -1.00. The molecule has 1 aliphatic rings. The van der Waals surface area contributed by atoms with Gasteiger partial charge in [0.25, 0.3) is 5.91 Å². The molecule has 4 nitrogen and oxygen atoms in total. The van der Waals surface area contributed by atoms with E-state index in [1.807, 2.05) is 29.9 Å². The number of aryl methyl sites for hydroxylation is 1. The van der Waals surface area contributed by atoms with Crippen LogP contribution < -0.4 is 10.6 Å². The molecule has 17 heavy (non-hydrogen) atoms. The predicted octanol–water partition coefficient (Wildman–Crippen LogP) is 1.18. The summed E-state index contributed by atoms with van der Waals surface area (Å²) >= 11 is 0. The SMILES string of the molecule is Cl.Cn1cccc1C(=O)NCC1CCCNC1. The molecule has 0 aromatic carbocycles. The van der Waals surface area contributed by atoms with Gasteiger partial charge in [-0.3, -0.25) is 4.79 Å². The maximum atomic E-state index is 11.8. The van der Waals surface area contributed by atoms with Crippen LogP contribution in [0.2, 0.25) is 0 Å². The number of hydrogen-bond donors (Lipinski definition) is 2. The average molecular weight is 258 g/mol. The number of carbonyl (C=O) groups excluding carboxylic acids is 1. The van der Waals surface area contributed by atoms with Crippen LogP contribution in [0.15, 0.2) is 18.3 Å². The van der Waals surface area contributed by atoms with E-state index in [4.69, 9.17) is 0 Å². The second-order valence-corrected chi connectivity index (χ2v) is 4.43. The fourth-order valence-electron chi connectivity index (χ4n) is 2.12. The fraction of sp³-hybridized carbons (Fsp3) is 0.583. The summed E-state index contributed by atoms with van der Waals surface area (Å²) < 4.78 is 1.84. The maximum Gasteiger partial charge on any atom is 0.267 e. The van der Waals surface area contributed by atoms with Gasteiger partial charge in [0.2, 0.25) is 0 Å². The number of nitrogens with zero attached hydrogens (tertiary/aromatic N) is 1. The Morgan fingerprint density at radius 1 is 1.65 bits per heavy atom. The van der Waals surface area contributed by atoms with Gasteiger partial charge in [0.15, 0.2) is 0 Å². The van der Waals surface area contributed by atoms with Crippen molar-refractivity contribution in [1.82, 2.24) is 15.2 Å². The Morgan fingerprint density at radius 3 is 3.06 bits per heavy atom. The van der Waals surface area contributed by atoms with Gasteiger partial charge < -0.3 is 15.2 Å². The highest BCUT2D eigenvalue weighted by Crippen LogP contribution is 2.08. The molecule has 5 heteroatoms. The van der Waals surface area contributed by atoms with Crippen molar-refractivity contribution in [2.45, 2.75) is 12.8 Å². The van der Waals surface area contributed by atoms with Crippen molar-refractivity contribution in [2.24, 2.45) is 13.0 Å². The van der Waals surface area contributed by atoms with Gasteiger partial charge in [0.05, 0.1) is 0 Å². The molecule has 0 spiro atoms. The third-order valence-electron chi connectivity index (χ3n) is 3.13. The van der Waals surface area contributed by atoms with Crippen molar-refractivity contribution >= 4 is 18.3 Å². The van der Waals surface area contributed by atoms with Crippen LogP contribution in [-0.2, 0) is 7.05 Å². The topological polar surface area (TPSA) is 46.1 Å². The number of hydrogen-bond acceptors (Lipinski definition) is 2. The lowest BCUT2D eigenvalue weighted by Gasteiger charge is -2.22. The monoisotopic (exact) mass is 257 g/mol. The van der Waals surface area contributed by atoms with E-state index in [2.05, 4.69) is 10.6 Å². The quantitative estimate of drug-likeness (QED) is 0.854. The molecule has 1 aromatic heterocycles. The molecule has 0 saturated carbocycles. The van der Waals surface area contributed by atoms with Crippen molar-refractivity contribution < 1.29 is 4.79 Å². The normalized spacial score (nSPS) is 19.5. The molecular weight excluding hydrogens is 238 g/mol. The molecular formula is C12H20ClN3O. The third kappa shape index (κ3) is 3.75. The standard InChI is InChI=1S/C12H19N3O.ClH/c1-15-7-3-5-11(15)12(16)14-9-10-4-2-6-13-8-10;/h3,5,7,10,13H,2,4,6,8-9H2,1H3,(H,14,16);1H. The maximum absolute atomic E-state index is 11.8. The third-order valence-corrected chi connectivity index (χ3v) is 3.13. The summed E-state index contributed by atoms with van der Waals surface area (Å²) in [5, 5.41) is 6.34. The summed E-state index contributed by atoms with van der Waals surface area (Å²) in [7, 11) is 1.89. The van der Waals surface area contributed by atoms with E-state index < -0.39 is 0 Å². The first-order valence-electron chi connectivity index (χ1n) is 5.87. The number of carbonyl (C=O) groups is 1. The largest absolute Gasteiger partial charge is 0.350 e. The zero-order valence-electron chi connectivity index (χ0n) is 10.1. The van der Waals surface area contributed by atoms with Gasteiger partial charge in [0.1, 0.15) is 5.69 Å². The highest BCUT2D eigenvalue weighted by atomic mass is 35.5. The zero-order chi connectivity index (χ0) is 11.4. The summed E-state index contributed by atoms with van der Waals surface area (Å²) in [5.41, 5.74) is 0.726. The zero-order valence-corrected chi connectivity index (χ0v) is 10.9. The minimum absolute atomic E-state index is 0. The van der Waals surface area contributed by atoms with Crippen LogP contribution >= 0.6 is 12.4 Å². The van der Waals surface area contributed by atoms with E-state index in [-0.39, 0.29) is 18.3 Å². The molecule has 2 heterocycles. The van der Waals surface area contributed by atoms with Crippen LogP contribution in [0.5, 0.6) is 0 Å². The molecule has 2 rings (SSSR count). The number of nitrogens with one attached hydrogen (secondary N) is 2. The lowest BCUT2D eigenvalue weighted by molar-refractivity contribution is 0.0936. The Bertz CT molecular complexity index is 358. The summed E-state index contributed by atoms with van der Waals surface area (Å²) in [6.07, 6.45) is 4.31. The molecule has 1 unspecified atom stereocenters. The molecule has 1 fully saturated rings. The van der Waals surface area contributed by atoms with Crippen LogP contribution in [0.4, 0.5) is 0 Å². The summed E-state index contributed by atoms with van der Waals surface area (Å²) in [6, 6.07) is 3.73. The average Bonchev–Trinajstić information content (AvgIpc) is 2.74. The van der Waals surface area contributed by atoms with Crippen LogP contribution in [0.1, 0.15) is 23.3 Å². The molecule has 1 aliphatic heterocycles. The first-order chi connectivity index (χ1) is 7.77. The van der Waals surface area contributed by atoms with Gasteiger partial charge in [0, 0.05) is 19.8 Å². The first kappa shape index (κ1) is 14.1. The van der Waals surface area contributed by atoms with Crippen molar-refractivity contribution in [3.8, 4) is 0 Å². The van der Waals surface area contributed by atoms with Gasteiger partial charge in [-0.05, 0) is 44.0 Å². The molecule has 0 aliphatic carbocycles. The van der Waals surface area contributed by atoms with Gasteiger partial charge in [-0.15, -0.1) is 12.4 Å². The Morgan fingerprint density at radius 2 is 2.47 bits per heavy atom. The first-order valence-corrected chi connectivity index (χ1v) is 5.87. The molecule has 1 amide bonds. The number of aromatic nitrogens is 1. The fourth-order valence-corrected chi connectivity index (χ4v) is 2.12. The van der Waals surface area contributed by atoms with Gasteiger partial charge >= 0.3 is 0 Å². The van der Waals surface area contributed by atoms with E-state index in [0.29, 0.717) is 5.92 Å². The highest BCUT2D eigenvalue weighted by Gasteiger charge is 2.15. The molecule has 0 radical (unpaired) electrons. The van der Waals surface area contributed by atoms with Crippen molar-refractivity contribution in [1.29, 1.82) is 0 Å². The summed E-state index contributed by atoms with van der Waals surface area (Å²) in [4.78, 5) is 11.8. The van der Waals surface area contributed by atoms with Crippen LogP contribution in [-0.4, -0.2) is 30.1 Å². The van der Waals surface area contributed by atoms with Crippen molar-refractivity contribution in [2.75, 3.05) is 19.6 Å². The Labute approximate surface area is 108 Å². The minimum atomic E-state index is 0. The molecule has 0 bridgehead atoms. The minimum Gasteiger partial charge on any atom is -0.350 e. The van der Waals surface area contributed by atoms with Gasteiger partial charge in [-0.1, -0.05) is 0 Å². The number of amides is 1. The van der Waals surface area contributed by atoms with Crippen molar-refractivity contribution in [3.05, 3.63) is 24.0 Å². The summed E-state index contributed by atoms with van der Waals surface area (Å²) in [5.74, 6) is 0.607. The predicted molar refractivity (Wildman–Crippen MR) is 70.6 cm³/mol. The number of rotatable bonds is 3. The van der Waals surface area contributed by atoms with Crippen molar-refractivity contribution in [3.63, 3.8) is 0 Å². The molecule has 1 saturated heterocycles. The molecule has 96 valence electrons. The Balaban J connectivity index is 0.00000144. The molecule has 2 N–H and O–H groups in total. The van der Waals surface area contributed by atoms with Crippen LogP contribution in [0, 0.1) is 5.92 Å². The van der Waals surface area contributed by atoms with Crippen LogP contribution in [0.3, 0.4) is 0 Å². The van der Waals surface area contributed by atoms with E-state index in [1.165, 1.54) is 12.8 Å². The molecule has 1 atom stereocenters. The lowest BCUT2D eigenvalue weighted by Crippen LogP contribution is -2.38. The van der Waals surface area contributed by atoms with E-state index in [0.717, 1.165) is 25.3 Å². The van der Waals surface area contributed by atoms with Gasteiger partial charge in [-0.25, -0.2) is 0 Å². The smallest absolute Gasteiger partial charge is 0.267 e. The number of piperidine rings is 1. The molecule has 1 aromatic rings. The second kappa shape index (κ2) is 6.67. The highest BCUT2D eigenvalue weighted by molar-refractivity contribution is 5.92. The lowest BCUT2D eigenvalue weighted by atomic mass is 10.00.